The van der Waals surface area contributed by atoms with E-state index in [1.807, 2.05) is 6.07 Å². The molecule has 0 saturated carbocycles. The van der Waals surface area contributed by atoms with Crippen LogP contribution in [0.1, 0.15) is 11.1 Å². The molecule has 2 aromatic carbocycles. The standard InChI is InChI=1S/C21H20F2N4O.HI/c1-24-21(26-12-15-4-2-5-17(22)10-15)27-13-16-7-8-20(19(23)11-16)28-18-6-3-9-25-14-18;/h2-11,14H,12-13H2,1H3,(H2,24,26,27);1H. The molecule has 0 radical (unpaired) electrons. The summed E-state index contributed by atoms with van der Waals surface area (Å²) in [6.07, 6.45) is 3.14. The molecule has 8 heteroatoms. The van der Waals surface area contributed by atoms with Gasteiger partial charge in [0.15, 0.2) is 17.5 Å². The van der Waals surface area contributed by atoms with Crippen molar-refractivity contribution in [2.75, 3.05) is 7.05 Å². The number of halogens is 3. The van der Waals surface area contributed by atoms with E-state index in [9.17, 15) is 8.78 Å². The Kier molecular flexibility index (Phi) is 8.78. The van der Waals surface area contributed by atoms with Crippen molar-refractivity contribution in [3.05, 3.63) is 89.8 Å². The van der Waals surface area contributed by atoms with Crippen molar-refractivity contribution >= 4 is 29.9 Å². The maximum atomic E-state index is 14.3. The van der Waals surface area contributed by atoms with Gasteiger partial charge in [0, 0.05) is 26.3 Å². The van der Waals surface area contributed by atoms with E-state index < -0.39 is 5.82 Å². The molecule has 0 fully saturated rings. The summed E-state index contributed by atoms with van der Waals surface area (Å²) in [5.74, 6) is 0.372. The van der Waals surface area contributed by atoms with Crippen molar-refractivity contribution in [1.82, 2.24) is 15.6 Å². The van der Waals surface area contributed by atoms with Crippen LogP contribution in [0.15, 0.2) is 72.0 Å². The summed E-state index contributed by atoms with van der Waals surface area (Å²) in [7, 11) is 1.63. The van der Waals surface area contributed by atoms with E-state index in [0.717, 1.165) is 11.1 Å². The van der Waals surface area contributed by atoms with Crippen molar-refractivity contribution in [3.8, 4) is 11.5 Å². The summed E-state index contributed by atoms with van der Waals surface area (Å²) in [5, 5.41) is 6.18. The Bertz CT molecular complexity index is 954. The van der Waals surface area contributed by atoms with Crippen LogP contribution < -0.4 is 15.4 Å². The third-order valence-electron chi connectivity index (χ3n) is 3.89. The van der Waals surface area contributed by atoms with E-state index in [-0.39, 0.29) is 35.5 Å². The van der Waals surface area contributed by atoms with Crippen LogP contribution >= 0.6 is 24.0 Å². The van der Waals surface area contributed by atoms with Crippen molar-refractivity contribution in [1.29, 1.82) is 0 Å². The van der Waals surface area contributed by atoms with E-state index in [1.165, 1.54) is 24.4 Å². The molecule has 0 aliphatic carbocycles. The number of hydrogen-bond acceptors (Lipinski definition) is 3. The molecular formula is C21H21F2IN4O. The third-order valence-corrected chi connectivity index (χ3v) is 3.89. The Morgan fingerprint density at radius 1 is 1.00 bits per heavy atom. The number of nitrogens with one attached hydrogen (secondary N) is 2. The zero-order chi connectivity index (χ0) is 19.8. The maximum Gasteiger partial charge on any atom is 0.191 e. The smallest absolute Gasteiger partial charge is 0.191 e. The lowest BCUT2D eigenvalue weighted by atomic mass is 10.2. The van der Waals surface area contributed by atoms with Crippen molar-refractivity contribution in [2.45, 2.75) is 13.1 Å². The summed E-state index contributed by atoms with van der Waals surface area (Å²) in [4.78, 5) is 8.04. The van der Waals surface area contributed by atoms with Gasteiger partial charge in [-0.05, 0) is 47.5 Å². The number of benzene rings is 2. The van der Waals surface area contributed by atoms with Gasteiger partial charge in [0.1, 0.15) is 11.6 Å². The van der Waals surface area contributed by atoms with Gasteiger partial charge in [0.25, 0.3) is 0 Å². The normalized spacial score (nSPS) is 10.8. The van der Waals surface area contributed by atoms with Crippen LogP contribution in [0.25, 0.3) is 0 Å². The van der Waals surface area contributed by atoms with E-state index in [4.69, 9.17) is 4.74 Å². The number of rotatable bonds is 6. The van der Waals surface area contributed by atoms with Gasteiger partial charge in [-0.2, -0.15) is 0 Å². The number of ether oxygens (including phenoxy) is 1. The second-order valence-electron chi connectivity index (χ2n) is 5.96. The van der Waals surface area contributed by atoms with Crippen molar-refractivity contribution < 1.29 is 13.5 Å². The SMILES string of the molecule is CN=C(NCc1cccc(F)c1)NCc1ccc(Oc2cccnc2)c(F)c1.I. The highest BCUT2D eigenvalue weighted by Gasteiger charge is 2.07. The predicted octanol–water partition coefficient (Wildman–Crippen LogP) is 4.64. The highest BCUT2D eigenvalue weighted by Crippen LogP contribution is 2.24. The zero-order valence-electron chi connectivity index (χ0n) is 15.7. The van der Waals surface area contributed by atoms with Gasteiger partial charge >= 0.3 is 0 Å². The molecule has 0 unspecified atom stereocenters. The van der Waals surface area contributed by atoms with Crippen LogP contribution in [0.4, 0.5) is 8.78 Å². The van der Waals surface area contributed by atoms with Gasteiger partial charge in [-0.3, -0.25) is 9.98 Å². The molecular weight excluding hydrogens is 489 g/mol. The second kappa shape index (κ2) is 11.3. The van der Waals surface area contributed by atoms with Gasteiger partial charge in [-0.15, -0.1) is 24.0 Å². The highest BCUT2D eigenvalue weighted by molar-refractivity contribution is 14.0. The van der Waals surface area contributed by atoms with Crippen LogP contribution in [-0.4, -0.2) is 18.0 Å². The Hall–Kier alpha value is -2.75. The minimum Gasteiger partial charge on any atom is -0.453 e. The van der Waals surface area contributed by atoms with Crippen LogP contribution in [0.3, 0.4) is 0 Å². The molecule has 152 valence electrons. The Balaban J connectivity index is 0.00000300. The summed E-state index contributed by atoms with van der Waals surface area (Å²) < 4.78 is 33.0. The second-order valence-corrected chi connectivity index (χ2v) is 5.96. The number of aromatic nitrogens is 1. The fraction of sp³-hybridized carbons (Fsp3) is 0.143. The van der Waals surface area contributed by atoms with E-state index in [1.54, 1.807) is 43.6 Å². The summed E-state index contributed by atoms with van der Waals surface area (Å²) in [6.45, 7) is 0.788. The molecule has 2 N–H and O–H groups in total. The van der Waals surface area contributed by atoms with E-state index >= 15 is 0 Å². The molecule has 3 rings (SSSR count). The lowest BCUT2D eigenvalue weighted by Crippen LogP contribution is -2.36. The Morgan fingerprint density at radius 3 is 2.38 bits per heavy atom. The molecule has 0 bridgehead atoms. The lowest BCUT2D eigenvalue weighted by molar-refractivity contribution is 0.440. The zero-order valence-corrected chi connectivity index (χ0v) is 18.1. The third kappa shape index (κ3) is 6.97. The minimum absolute atomic E-state index is 0. The molecule has 0 spiro atoms. The molecule has 0 saturated heterocycles. The number of aliphatic imine (C=N–C) groups is 1. The molecule has 3 aromatic rings. The average molecular weight is 510 g/mol. The maximum absolute atomic E-state index is 14.3. The molecule has 0 aliphatic heterocycles. The van der Waals surface area contributed by atoms with Crippen molar-refractivity contribution in [3.63, 3.8) is 0 Å². The van der Waals surface area contributed by atoms with Crippen LogP contribution in [0.2, 0.25) is 0 Å². The fourth-order valence-corrected chi connectivity index (χ4v) is 2.51. The van der Waals surface area contributed by atoms with Gasteiger partial charge in [-0.25, -0.2) is 8.78 Å². The highest BCUT2D eigenvalue weighted by atomic mass is 127. The monoisotopic (exact) mass is 510 g/mol. The summed E-state index contributed by atoms with van der Waals surface area (Å²) in [5.41, 5.74) is 1.52. The first-order valence-corrected chi connectivity index (χ1v) is 8.69. The summed E-state index contributed by atoms with van der Waals surface area (Å²) >= 11 is 0. The molecule has 0 amide bonds. The first-order chi connectivity index (χ1) is 13.6. The molecule has 29 heavy (non-hydrogen) atoms. The molecule has 0 aliphatic rings. The largest absolute Gasteiger partial charge is 0.453 e. The average Bonchev–Trinajstić information content (AvgIpc) is 2.71. The number of nitrogens with zero attached hydrogens (tertiary/aromatic N) is 2. The predicted molar refractivity (Wildman–Crippen MR) is 120 cm³/mol. The summed E-state index contributed by atoms with van der Waals surface area (Å²) in [6, 6.07) is 14.5. The van der Waals surface area contributed by atoms with E-state index in [0.29, 0.717) is 24.8 Å². The van der Waals surface area contributed by atoms with Crippen LogP contribution in [0.5, 0.6) is 11.5 Å². The van der Waals surface area contributed by atoms with E-state index in [2.05, 4.69) is 20.6 Å². The topological polar surface area (TPSA) is 58.5 Å². The fourth-order valence-electron chi connectivity index (χ4n) is 2.51. The van der Waals surface area contributed by atoms with Crippen molar-refractivity contribution in [2.24, 2.45) is 4.99 Å². The Labute approximate surface area is 185 Å². The molecule has 0 atom stereocenters. The first kappa shape index (κ1) is 22.5. The quantitative estimate of drug-likeness (QED) is 0.289. The lowest BCUT2D eigenvalue weighted by Gasteiger charge is -2.13. The molecule has 1 heterocycles. The molecule has 1 aromatic heterocycles. The van der Waals surface area contributed by atoms with Crippen LogP contribution in [-0.2, 0) is 13.1 Å². The number of guanidine groups is 1. The van der Waals surface area contributed by atoms with Gasteiger partial charge < -0.3 is 15.4 Å². The number of hydrogen-bond donors (Lipinski definition) is 2. The van der Waals surface area contributed by atoms with Gasteiger partial charge in [0.05, 0.1) is 6.20 Å². The first-order valence-electron chi connectivity index (χ1n) is 8.69. The van der Waals surface area contributed by atoms with Crippen LogP contribution in [0, 0.1) is 11.6 Å². The Morgan fingerprint density at radius 2 is 1.76 bits per heavy atom. The minimum atomic E-state index is -0.467. The van der Waals surface area contributed by atoms with Gasteiger partial charge in [0.2, 0.25) is 0 Å². The van der Waals surface area contributed by atoms with Gasteiger partial charge in [-0.1, -0.05) is 18.2 Å². The molecule has 5 nitrogen and oxygen atoms in total. The number of pyridine rings is 1.